The van der Waals surface area contributed by atoms with Crippen LogP contribution < -0.4 is 10.2 Å². The fraction of sp³-hybridized carbons (Fsp3) is 0.435. The van der Waals surface area contributed by atoms with Gasteiger partial charge >= 0.3 is 0 Å². The molecule has 30 heavy (non-hydrogen) atoms. The average molecular weight is 425 g/mol. The molecule has 0 radical (unpaired) electrons. The van der Waals surface area contributed by atoms with E-state index in [0.29, 0.717) is 28.9 Å². The molecule has 1 aromatic carbocycles. The third-order valence-electron chi connectivity index (χ3n) is 5.77. The van der Waals surface area contributed by atoms with Crippen molar-refractivity contribution in [2.24, 2.45) is 5.92 Å². The Kier molecular flexibility index (Phi) is 6.65. The van der Waals surface area contributed by atoms with Crippen LogP contribution in [0.4, 0.5) is 17.6 Å². The Morgan fingerprint density at radius 3 is 2.80 bits per heavy atom. The van der Waals surface area contributed by atoms with Crippen LogP contribution in [0.5, 0.6) is 0 Å². The van der Waals surface area contributed by atoms with Crippen LogP contribution in [-0.4, -0.2) is 52.6 Å². The number of anilines is 3. The summed E-state index contributed by atoms with van der Waals surface area (Å²) in [5.41, 5.74) is 2.39. The Hall–Kier alpha value is -2.44. The Bertz CT molecular complexity index is 919. The number of nitrogens with zero attached hydrogens (tertiary/aromatic N) is 5. The first-order valence-corrected chi connectivity index (χ1v) is 11.0. The monoisotopic (exact) mass is 424 g/mol. The van der Waals surface area contributed by atoms with Crippen molar-refractivity contribution in [2.75, 3.05) is 36.9 Å². The molecule has 158 valence electrons. The smallest absolute Gasteiger partial charge is 0.234 e. The lowest BCUT2D eigenvalue weighted by Crippen LogP contribution is -2.40. The summed E-state index contributed by atoms with van der Waals surface area (Å²) in [5, 5.41) is 4.19. The molecule has 1 aliphatic carbocycles. The van der Waals surface area contributed by atoms with Crippen molar-refractivity contribution in [3.8, 4) is 0 Å². The van der Waals surface area contributed by atoms with E-state index in [9.17, 15) is 0 Å². The van der Waals surface area contributed by atoms with Gasteiger partial charge in [-0.05, 0) is 49.0 Å². The maximum atomic E-state index is 6.11. The van der Waals surface area contributed by atoms with Gasteiger partial charge in [-0.3, -0.25) is 4.90 Å². The number of nitrogens with one attached hydrogen (secondary N) is 1. The van der Waals surface area contributed by atoms with Crippen molar-refractivity contribution < 1.29 is 0 Å². The van der Waals surface area contributed by atoms with Gasteiger partial charge in [-0.15, -0.1) is 0 Å². The summed E-state index contributed by atoms with van der Waals surface area (Å²) in [5.74, 6) is 1.89. The molecule has 6 nitrogen and oxygen atoms in total. The highest BCUT2D eigenvalue weighted by molar-refractivity contribution is 6.30. The number of likely N-dealkylation sites (tertiary alicyclic amines) is 1. The average Bonchev–Trinajstić information content (AvgIpc) is 2.76. The van der Waals surface area contributed by atoms with Gasteiger partial charge in [-0.1, -0.05) is 42.8 Å². The standard InChI is InChI=1S/C23H29ClN6/c1-17-6-8-18(9-7-17)15-30-12-10-20(11-13-30)27-22-25-16-26-23(28-22)29(2)21-5-3-4-19(24)14-21/h3-6,8-9,14,16-17,20H,7,10-13,15H2,1-2H3,(H,25,26,27,28). The normalized spacial score (nSPS) is 20.1. The first kappa shape index (κ1) is 20.8. The maximum absolute atomic E-state index is 6.11. The molecule has 0 spiro atoms. The van der Waals surface area contributed by atoms with Crippen molar-refractivity contribution in [3.05, 3.63) is 59.4 Å². The summed E-state index contributed by atoms with van der Waals surface area (Å²) in [7, 11) is 1.93. The van der Waals surface area contributed by atoms with E-state index in [2.05, 4.69) is 50.3 Å². The minimum Gasteiger partial charge on any atom is -0.351 e. The fourth-order valence-electron chi connectivity index (χ4n) is 3.88. The molecule has 1 unspecified atom stereocenters. The predicted octanol–water partition coefficient (Wildman–Crippen LogP) is 4.69. The van der Waals surface area contributed by atoms with Crippen LogP contribution in [0.25, 0.3) is 0 Å². The number of piperidine rings is 1. The van der Waals surface area contributed by atoms with Gasteiger partial charge in [0, 0.05) is 43.4 Å². The molecule has 0 saturated carbocycles. The van der Waals surface area contributed by atoms with E-state index in [0.717, 1.165) is 44.6 Å². The van der Waals surface area contributed by atoms with Crippen molar-refractivity contribution in [3.63, 3.8) is 0 Å². The second-order valence-electron chi connectivity index (χ2n) is 8.19. The van der Waals surface area contributed by atoms with Crippen molar-refractivity contribution >= 4 is 29.2 Å². The van der Waals surface area contributed by atoms with Gasteiger partial charge in [0.2, 0.25) is 11.9 Å². The summed E-state index contributed by atoms with van der Waals surface area (Å²) in [6, 6.07) is 8.03. The summed E-state index contributed by atoms with van der Waals surface area (Å²) >= 11 is 6.11. The van der Waals surface area contributed by atoms with E-state index in [1.54, 1.807) is 6.33 Å². The third kappa shape index (κ3) is 5.37. The highest BCUT2D eigenvalue weighted by atomic mass is 35.5. The highest BCUT2D eigenvalue weighted by Crippen LogP contribution is 2.24. The maximum Gasteiger partial charge on any atom is 0.234 e. The lowest BCUT2D eigenvalue weighted by atomic mass is 9.97. The fourth-order valence-corrected chi connectivity index (χ4v) is 4.07. The third-order valence-corrected chi connectivity index (χ3v) is 6.01. The van der Waals surface area contributed by atoms with Crippen LogP contribution in [0.15, 0.2) is 54.4 Å². The molecule has 0 amide bonds. The van der Waals surface area contributed by atoms with Crippen LogP contribution >= 0.6 is 11.6 Å². The van der Waals surface area contributed by atoms with Crippen LogP contribution in [0.2, 0.25) is 5.02 Å². The minimum atomic E-state index is 0.379. The molecule has 0 bridgehead atoms. The Labute approximate surface area is 183 Å². The van der Waals surface area contributed by atoms with Gasteiger partial charge < -0.3 is 10.2 Å². The largest absolute Gasteiger partial charge is 0.351 e. The Morgan fingerprint density at radius 2 is 2.07 bits per heavy atom. The van der Waals surface area contributed by atoms with E-state index in [4.69, 9.17) is 11.6 Å². The van der Waals surface area contributed by atoms with E-state index in [1.165, 1.54) is 5.57 Å². The van der Waals surface area contributed by atoms with Crippen LogP contribution in [-0.2, 0) is 0 Å². The summed E-state index contributed by atoms with van der Waals surface area (Å²) in [6.45, 7) is 5.48. The first-order valence-electron chi connectivity index (χ1n) is 10.6. The van der Waals surface area contributed by atoms with Crippen molar-refractivity contribution in [1.82, 2.24) is 19.9 Å². The van der Waals surface area contributed by atoms with E-state index >= 15 is 0 Å². The quantitative estimate of drug-likeness (QED) is 0.725. The molecule has 1 aromatic heterocycles. The van der Waals surface area contributed by atoms with E-state index in [-0.39, 0.29) is 0 Å². The number of hydrogen-bond donors (Lipinski definition) is 1. The number of hydrogen-bond acceptors (Lipinski definition) is 6. The molecule has 1 atom stereocenters. The van der Waals surface area contributed by atoms with Gasteiger partial charge in [-0.25, -0.2) is 9.97 Å². The molecule has 1 saturated heterocycles. The van der Waals surface area contributed by atoms with E-state index < -0.39 is 0 Å². The van der Waals surface area contributed by atoms with Crippen molar-refractivity contribution in [2.45, 2.75) is 32.2 Å². The molecule has 4 rings (SSSR count). The zero-order valence-corrected chi connectivity index (χ0v) is 18.4. The first-order chi connectivity index (χ1) is 14.6. The van der Waals surface area contributed by atoms with Gasteiger partial charge in [0.1, 0.15) is 6.33 Å². The molecule has 2 heterocycles. The summed E-state index contributed by atoms with van der Waals surface area (Å²) in [6.07, 6.45) is 11.9. The predicted molar refractivity (Wildman–Crippen MR) is 123 cm³/mol. The van der Waals surface area contributed by atoms with Gasteiger partial charge in [-0.2, -0.15) is 4.98 Å². The lowest BCUT2D eigenvalue weighted by Gasteiger charge is -2.33. The number of rotatable bonds is 6. The van der Waals surface area contributed by atoms with Crippen molar-refractivity contribution in [1.29, 1.82) is 0 Å². The number of allylic oxidation sites excluding steroid dienone is 2. The van der Waals surface area contributed by atoms with Gasteiger partial charge in [0.15, 0.2) is 0 Å². The minimum absolute atomic E-state index is 0.379. The zero-order chi connectivity index (χ0) is 20.9. The Balaban J connectivity index is 1.31. The molecule has 1 fully saturated rings. The molecular formula is C23H29ClN6. The Morgan fingerprint density at radius 1 is 1.23 bits per heavy atom. The summed E-state index contributed by atoms with van der Waals surface area (Å²) in [4.78, 5) is 17.7. The highest BCUT2D eigenvalue weighted by Gasteiger charge is 2.21. The molecule has 2 aromatic rings. The molecule has 2 aliphatic rings. The SMILES string of the molecule is CC1C=CC(CN2CCC(Nc3ncnc(N(C)c4cccc(Cl)c4)n3)CC2)=CC1. The topological polar surface area (TPSA) is 57.2 Å². The summed E-state index contributed by atoms with van der Waals surface area (Å²) < 4.78 is 0. The molecular weight excluding hydrogens is 396 g/mol. The van der Waals surface area contributed by atoms with Crippen LogP contribution in [0.1, 0.15) is 26.2 Å². The van der Waals surface area contributed by atoms with Gasteiger partial charge in [0.25, 0.3) is 0 Å². The lowest BCUT2D eigenvalue weighted by molar-refractivity contribution is 0.236. The molecule has 1 aliphatic heterocycles. The molecule has 1 N–H and O–H groups in total. The number of benzene rings is 1. The zero-order valence-electron chi connectivity index (χ0n) is 17.6. The molecule has 7 heteroatoms. The number of halogens is 1. The van der Waals surface area contributed by atoms with Crippen LogP contribution in [0, 0.1) is 5.92 Å². The number of aromatic nitrogens is 3. The second kappa shape index (κ2) is 9.58. The second-order valence-corrected chi connectivity index (χ2v) is 8.63. The van der Waals surface area contributed by atoms with Crippen LogP contribution in [0.3, 0.4) is 0 Å². The van der Waals surface area contributed by atoms with E-state index in [1.807, 2.05) is 36.2 Å². The van der Waals surface area contributed by atoms with Gasteiger partial charge in [0.05, 0.1) is 0 Å².